The second-order valence-electron chi connectivity index (χ2n) is 4.65. The van der Waals surface area contributed by atoms with Crippen molar-refractivity contribution in [3.63, 3.8) is 0 Å². The molecular weight excluding hydrogens is 519 g/mol. The molecule has 0 radical (unpaired) electrons. The quantitative estimate of drug-likeness (QED) is 0.470. The largest absolute Gasteiger partial charge is 0.478 e. The Labute approximate surface area is 175 Å². The van der Waals surface area contributed by atoms with Crippen LogP contribution >= 0.6 is 67.3 Å². The van der Waals surface area contributed by atoms with E-state index in [2.05, 4.69) is 42.5 Å². The molecule has 10 heteroatoms. The van der Waals surface area contributed by atoms with E-state index >= 15 is 0 Å². The Kier molecular flexibility index (Phi) is 6.81. The van der Waals surface area contributed by atoms with Crippen molar-refractivity contribution >= 4 is 90.0 Å². The first kappa shape index (κ1) is 20.1. The number of carboxylic acid groups (broad SMARTS) is 1. The average molecular weight is 527 g/mol. The number of rotatable bonds is 3. The van der Waals surface area contributed by atoms with Gasteiger partial charge in [-0.05, 0) is 58.5 Å². The monoisotopic (exact) mass is 524 g/mol. The van der Waals surface area contributed by atoms with E-state index in [1.807, 2.05) is 0 Å². The Morgan fingerprint density at radius 1 is 1.08 bits per heavy atom. The molecule has 0 aliphatic heterocycles. The number of nitrogens with one attached hydrogen (secondary N) is 2. The maximum absolute atomic E-state index is 12.2. The third-order valence-corrected chi connectivity index (χ3v) is 4.96. The number of anilines is 1. The van der Waals surface area contributed by atoms with Gasteiger partial charge in [0.05, 0.1) is 21.3 Å². The van der Waals surface area contributed by atoms with Crippen molar-refractivity contribution in [1.82, 2.24) is 5.32 Å². The third kappa shape index (κ3) is 5.15. The van der Waals surface area contributed by atoms with Crippen molar-refractivity contribution < 1.29 is 14.7 Å². The number of carbonyl (C=O) groups is 2. The number of amides is 1. The Morgan fingerprint density at radius 2 is 1.76 bits per heavy atom. The second-order valence-corrected chi connectivity index (χ2v) is 7.65. The number of halogens is 4. The Bertz CT molecular complexity index is 893. The summed E-state index contributed by atoms with van der Waals surface area (Å²) in [7, 11) is 0. The molecule has 3 N–H and O–H groups in total. The van der Waals surface area contributed by atoms with Crippen LogP contribution in [0.3, 0.4) is 0 Å². The molecule has 0 aromatic heterocycles. The zero-order chi connectivity index (χ0) is 18.7. The van der Waals surface area contributed by atoms with Gasteiger partial charge in [-0.25, -0.2) is 4.79 Å². The first-order valence-corrected chi connectivity index (χ1v) is 9.23. The molecule has 0 aliphatic rings. The van der Waals surface area contributed by atoms with Gasteiger partial charge in [0.15, 0.2) is 5.11 Å². The standard InChI is InChI=1S/C15H8Br2Cl2N2O3S/c16-7-4-8(14(23)24)12(9(17)5-7)20-15(25)21-13(22)6-1-2-10(18)11(19)3-6/h1-5H,(H,23,24)(H2,20,21,22,25). The topological polar surface area (TPSA) is 78.4 Å². The van der Waals surface area contributed by atoms with E-state index in [1.54, 1.807) is 6.07 Å². The van der Waals surface area contributed by atoms with Crippen LogP contribution in [0.4, 0.5) is 5.69 Å². The number of aromatic carboxylic acids is 1. The number of hydrogen-bond acceptors (Lipinski definition) is 3. The normalized spacial score (nSPS) is 10.2. The minimum Gasteiger partial charge on any atom is -0.478 e. The lowest BCUT2D eigenvalue weighted by molar-refractivity contribution is 0.0697. The van der Waals surface area contributed by atoms with Crippen LogP contribution in [-0.2, 0) is 0 Å². The smallest absolute Gasteiger partial charge is 0.337 e. The van der Waals surface area contributed by atoms with Gasteiger partial charge < -0.3 is 10.4 Å². The Morgan fingerprint density at radius 3 is 2.36 bits per heavy atom. The minimum absolute atomic E-state index is 0.0209. The molecule has 0 saturated carbocycles. The highest BCUT2D eigenvalue weighted by Gasteiger charge is 2.17. The molecule has 0 saturated heterocycles. The van der Waals surface area contributed by atoms with Crippen molar-refractivity contribution in [2.75, 3.05) is 5.32 Å². The predicted octanol–water partition coefficient (Wildman–Crippen LogP) is 5.34. The molecule has 25 heavy (non-hydrogen) atoms. The lowest BCUT2D eigenvalue weighted by Crippen LogP contribution is -2.34. The number of carbonyl (C=O) groups excluding carboxylic acids is 1. The van der Waals surface area contributed by atoms with Crippen molar-refractivity contribution in [2.45, 2.75) is 0 Å². The molecule has 0 heterocycles. The average Bonchev–Trinajstić information content (AvgIpc) is 2.52. The van der Waals surface area contributed by atoms with Crippen molar-refractivity contribution in [2.24, 2.45) is 0 Å². The van der Waals surface area contributed by atoms with Gasteiger partial charge in [0.25, 0.3) is 5.91 Å². The number of benzene rings is 2. The lowest BCUT2D eigenvalue weighted by atomic mass is 10.2. The van der Waals surface area contributed by atoms with Crippen molar-refractivity contribution in [3.8, 4) is 0 Å². The zero-order valence-electron chi connectivity index (χ0n) is 12.1. The highest BCUT2D eigenvalue weighted by atomic mass is 79.9. The highest BCUT2D eigenvalue weighted by Crippen LogP contribution is 2.31. The molecule has 0 unspecified atom stereocenters. The van der Waals surface area contributed by atoms with Crippen LogP contribution in [0.1, 0.15) is 20.7 Å². The molecular formula is C15H8Br2Cl2N2O3S. The summed E-state index contributed by atoms with van der Waals surface area (Å²) < 4.78 is 1.04. The van der Waals surface area contributed by atoms with Gasteiger partial charge in [0.1, 0.15) is 0 Å². The first-order valence-electron chi connectivity index (χ1n) is 6.48. The van der Waals surface area contributed by atoms with Gasteiger partial charge in [-0.3, -0.25) is 10.1 Å². The molecule has 0 spiro atoms. The van der Waals surface area contributed by atoms with Gasteiger partial charge in [-0.1, -0.05) is 39.1 Å². The van der Waals surface area contributed by atoms with Crippen molar-refractivity contribution in [1.29, 1.82) is 0 Å². The van der Waals surface area contributed by atoms with Crippen LogP contribution in [-0.4, -0.2) is 22.1 Å². The van der Waals surface area contributed by atoms with E-state index in [9.17, 15) is 14.7 Å². The molecule has 2 aromatic carbocycles. The second kappa shape index (κ2) is 8.46. The van der Waals surface area contributed by atoms with Gasteiger partial charge in [-0.2, -0.15) is 0 Å². The maximum atomic E-state index is 12.2. The molecule has 0 bridgehead atoms. The van der Waals surface area contributed by atoms with Crippen LogP contribution in [0.15, 0.2) is 39.3 Å². The van der Waals surface area contributed by atoms with E-state index < -0.39 is 11.9 Å². The molecule has 2 aromatic rings. The van der Waals surface area contributed by atoms with Crippen LogP contribution < -0.4 is 10.6 Å². The van der Waals surface area contributed by atoms with Crippen molar-refractivity contribution in [3.05, 3.63) is 60.4 Å². The number of hydrogen-bond donors (Lipinski definition) is 3. The molecule has 2 rings (SSSR count). The molecule has 0 atom stereocenters. The molecule has 130 valence electrons. The van der Waals surface area contributed by atoms with Crippen LogP contribution in [0.2, 0.25) is 10.0 Å². The fourth-order valence-corrected chi connectivity index (χ4v) is 3.64. The molecule has 0 aliphatic carbocycles. The van der Waals surface area contributed by atoms with Gasteiger partial charge in [0.2, 0.25) is 0 Å². The summed E-state index contributed by atoms with van der Waals surface area (Å²) in [6.45, 7) is 0. The number of carboxylic acids is 1. The summed E-state index contributed by atoms with van der Waals surface area (Å²) in [6, 6.07) is 7.45. The van der Waals surface area contributed by atoms with E-state index in [4.69, 9.17) is 35.4 Å². The lowest BCUT2D eigenvalue weighted by Gasteiger charge is -2.14. The van der Waals surface area contributed by atoms with E-state index in [-0.39, 0.29) is 26.9 Å². The summed E-state index contributed by atoms with van der Waals surface area (Å²) in [5.74, 6) is -1.66. The molecule has 1 amide bonds. The highest BCUT2D eigenvalue weighted by molar-refractivity contribution is 9.11. The van der Waals surface area contributed by atoms with Crippen LogP contribution in [0.5, 0.6) is 0 Å². The van der Waals surface area contributed by atoms with Gasteiger partial charge in [-0.15, -0.1) is 0 Å². The van der Waals surface area contributed by atoms with E-state index in [1.165, 1.54) is 24.3 Å². The third-order valence-electron chi connectivity index (χ3n) is 2.93. The zero-order valence-corrected chi connectivity index (χ0v) is 17.6. The molecule has 5 nitrogen and oxygen atoms in total. The molecule has 0 fully saturated rings. The maximum Gasteiger partial charge on any atom is 0.337 e. The summed E-state index contributed by atoms with van der Waals surface area (Å²) in [5.41, 5.74) is 0.453. The summed E-state index contributed by atoms with van der Waals surface area (Å²) in [6.07, 6.45) is 0. The summed E-state index contributed by atoms with van der Waals surface area (Å²) >= 11 is 23.3. The minimum atomic E-state index is -1.15. The van der Waals surface area contributed by atoms with Crippen LogP contribution in [0.25, 0.3) is 0 Å². The first-order chi connectivity index (χ1) is 11.7. The fourth-order valence-electron chi connectivity index (χ4n) is 1.83. The van der Waals surface area contributed by atoms with Gasteiger partial charge >= 0.3 is 5.97 Å². The Balaban J connectivity index is 2.19. The van der Waals surface area contributed by atoms with Gasteiger partial charge in [0, 0.05) is 14.5 Å². The SMILES string of the molecule is O=C(NC(=S)Nc1c(Br)cc(Br)cc1C(=O)O)c1ccc(Cl)c(Cl)c1. The number of thiocarbonyl (C=S) groups is 1. The summed E-state index contributed by atoms with van der Waals surface area (Å²) in [4.78, 5) is 23.6. The van der Waals surface area contributed by atoms with E-state index in [0.717, 1.165) is 0 Å². The Hall–Kier alpha value is -1.19. The van der Waals surface area contributed by atoms with E-state index in [0.29, 0.717) is 14.0 Å². The van der Waals surface area contributed by atoms with Crippen LogP contribution in [0, 0.1) is 0 Å². The predicted molar refractivity (Wildman–Crippen MR) is 109 cm³/mol. The fraction of sp³-hybridized carbons (Fsp3) is 0. The summed E-state index contributed by atoms with van der Waals surface area (Å²) in [5, 5.41) is 15.0.